The highest BCUT2D eigenvalue weighted by molar-refractivity contribution is 5.91. The molecule has 0 atom stereocenters. The molecule has 3 aromatic rings. The molecule has 0 bridgehead atoms. The Morgan fingerprint density at radius 3 is 2.19 bits per heavy atom. The maximum atomic E-state index is 14.9. The summed E-state index contributed by atoms with van der Waals surface area (Å²) < 4.78 is 49.4. The number of rotatable bonds is 8. The molecule has 0 aromatic heterocycles. The van der Waals surface area contributed by atoms with Crippen LogP contribution in [0.3, 0.4) is 0 Å². The molecule has 2 nitrogen and oxygen atoms in total. The summed E-state index contributed by atoms with van der Waals surface area (Å²) in [4.78, 5) is 12.6. The van der Waals surface area contributed by atoms with Crippen molar-refractivity contribution in [1.29, 1.82) is 0 Å². The van der Waals surface area contributed by atoms with E-state index in [9.17, 15) is 18.0 Å². The van der Waals surface area contributed by atoms with Crippen molar-refractivity contribution in [3.63, 3.8) is 0 Å². The van der Waals surface area contributed by atoms with Gasteiger partial charge in [-0.3, -0.25) is 0 Å². The van der Waals surface area contributed by atoms with Gasteiger partial charge in [0.15, 0.2) is 11.6 Å². The number of halogens is 3. The Balaban J connectivity index is 1.43. The van der Waals surface area contributed by atoms with Crippen molar-refractivity contribution in [2.75, 3.05) is 0 Å². The Labute approximate surface area is 211 Å². The lowest BCUT2D eigenvalue weighted by molar-refractivity contribution is 0.0728. The molecule has 0 aliphatic heterocycles. The zero-order chi connectivity index (χ0) is 25.7. The molecule has 3 aromatic carbocycles. The quantitative estimate of drug-likeness (QED) is 0.231. The molecule has 1 aliphatic rings. The van der Waals surface area contributed by atoms with Crippen molar-refractivity contribution in [2.45, 2.75) is 71.1 Å². The van der Waals surface area contributed by atoms with E-state index >= 15 is 0 Å². The van der Waals surface area contributed by atoms with Crippen LogP contribution in [0.2, 0.25) is 0 Å². The zero-order valence-electron chi connectivity index (χ0n) is 21.0. The molecule has 36 heavy (non-hydrogen) atoms. The van der Waals surface area contributed by atoms with Gasteiger partial charge in [-0.05, 0) is 96.9 Å². The summed E-state index contributed by atoms with van der Waals surface area (Å²) in [7, 11) is 0. The summed E-state index contributed by atoms with van der Waals surface area (Å²) in [5, 5.41) is 0. The van der Waals surface area contributed by atoms with Gasteiger partial charge in [0.25, 0.3) is 0 Å². The normalized spacial score (nSPS) is 17.7. The lowest BCUT2D eigenvalue weighted by Gasteiger charge is -2.28. The van der Waals surface area contributed by atoms with Crippen molar-refractivity contribution >= 4 is 5.97 Å². The van der Waals surface area contributed by atoms with Crippen molar-refractivity contribution in [3.8, 4) is 16.9 Å². The van der Waals surface area contributed by atoms with Crippen LogP contribution in [0, 0.1) is 23.4 Å². The molecule has 0 spiro atoms. The molecule has 0 N–H and O–H groups in total. The fourth-order valence-corrected chi connectivity index (χ4v) is 5.09. The van der Waals surface area contributed by atoms with E-state index in [2.05, 4.69) is 13.8 Å². The number of esters is 1. The smallest absolute Gasteiger partial charge is 0.346 e. The molecule has 190 valence electrons. The fourth-order valence-electron chi connectivity index (χ4n) is 5.09. The second-order valence-electron chi connectivity index (χ2n) is 9.78. The lowest BCUT2D eigenvalue weighted by Crippen LogP contribution is -2.16. The largest absolute Gasteiger partial charge is 0.423 e. The predicted molar refractivity (Wildman–Crippen MR) is 137 cm³/mol. The highest BCUT2D eigenvalue weighted by Gasteiger charge is 2.27. The van der Waals surface area contributed by atoms with Gasteiger partial charge in [0.1, 0.15) is 11.6 Å². The Hall–Kier alpha value is -3.08. The Kier molecular flexibility index (Phi) is 8.50. The highest BCUT2D eigenvalue weighted by Crippen LogP contribution is 2.38. The fraction of sp³-hybridized carbons (Fsp3) is 0.387. The maximum absolute atomic E-state index is 14.9. The minimum absolute atomic E-state index is 0.0227. The Bertz CT molecular complexity index is 1200. The SMILES string of the molecule is CCCCc1ccc(-c2ccc(OC(=O)c3ccc(C4CCC(CC)CC4)c(F)c3F)cc2)cc1F. The van der Waals surface area contributed by atoms with E-state index in [1.807, 2.05) is 6.07 Å². The van der Waals surface area contributed by atoms with Crippen LogP contribution in [0.1, 0.15) is 86.2 Å². The number of ether oxygens (including phenoxy) is 1. The lowest BCUT2D eigenvalue weighted by atomic mass is 9.77. The molecular weight excluding hydrogens is 461 g/mol. The number of benzene rings is 3. The molecule has 0 heterocycles. The van der Waals surface area contributed by atoms with Crippen molar-refractivity contribution in [1.82, 2.24) is 0 Å². The molecule has 0 radical (unpaired) electrons. The van der Waals surface area contributed by atoms with Crippen LogP contribution in [-0.2, 0) is 6.42 Å². The molecule has 1 saturated carbocycles. The maximum Gasteiger partial charge on any atom is 0.346 e. The Morgan fingerprint density at radius 2 is 1.56 bits per heavy atom. The molecular formula is C31H33F3O2. The van der Waals surface area contributed by atoms with E-state index < -0.39 is 23.2 Å². The topological polar surface area (TPSA) is 26.3 Å². The van der Waals surface area contributed by atoms with E-state index in [0.29, 0.717) is 29.0 Å². The number of hydrogen-bond acceptors (Lipinski definition) is 2. The van der Waals surface area contributed by atoms with E-state index in [4.69, 9.17) is 4.74 Å². The first-order valence-corrected chi connectivity index (χ1v) is 13.0. The average molecular weight is 495 g/mol. The van der Waals surface area contributed by atoms with Gasteiger partial charge in [-0.2, -0.15) is 0 Å². The number of carbonyl (C=O) groups is 1. The van der Waals surface area contributed by atoms with Crippen LogP contribution in [0.15, 0.2) is 54.6 Å². The van der Waals surface area contributed by atoms with Crippen molar-refractivity contribution < 1.29 is 22.7 Å². The highest BCUT2D eigenvalue weighted by atomic mass is 19.2. The summed E-state index contributed by atoms with van der Waals surface area (Å²) in [6.07, 6.45) is 7.43. The van der Waals surface area contributed by atoms with Gasteiger partial charge in [0.2, 0.25) is 0 Å². The van der Waals surface area contributed by atoms with Crippen LogP contribution in [0.5, 0.6) is 5.75 Å². The van der Waals surface area contributed by atoms with Gasteiger partial charge in [-0.25, -0.2) is 18.0 Å². The van der Waals surface area contributed by atoms with Crippen molar-refractivity contribution in [3.05, 3.63) is 88.7 Å². The second-order valence-corrected chi connectivity index (χ2v) is 9.78. The van der Waals surface area contributed by atoms with Gasteiger partial charge >= 0.3 is 5.97 Å². The minimum atomic E-state index is -1.16. The first-order valence-electron chi connectivity index (χ1n) is 13.0. The number of unbranched alkanes of at least 4 members (excludes halogenated alkanes) is 1. The standard InChI is InChI=1S/C31H33F3O2/c1-3-5-6-23-11-12-24(19-28(23)32)21-13-15-25(16-14-21)36-31(35)27-18-17-26(29(33)30(27)34)22-9-7-20(4-2)8-10-22/h11-20,22H,3-10H2,1-2H3. The number of carbonyl (C=O) groups excluding carboxylic acids is 1. The predicted octanol–water partition coefficient (Wildman–Crippen LogP) is 9.02. The molecule has 1 aliphatic carbocycles. The molecule has 0 unspecified atom stereocenters. The van der Waals surface area contributed by atoms with Crippen LogP contribution in [-0.4, -0.2) is 5.97 Å². The molecule has 4 rings (SSSR count). The summed E-state index contributed by atoms with van der Waals surface area (Å²) in [5.41, 5.74) is 2.08. The van der Waals surface area contributed by atoms with Gasteiger partial charge in [0, 0.05) is 0 Å². The van der Waals surface area contributed by atoms with Crippen LogP contribution < -0.4 is 4.74 Å². The zero-order valence-corrected chi connectivity index (χ0v) is 21.0. The third-order valence-corrected chi connectivity index (χ3v) is 7.45. The van der Waals surface area contributed by atoms with E-state index in [0.717, 1.165) is 50.5 Å². The average Bonchev–Trinajstić information content (AvgIpc) is 2.90. The third kappa shape index (κ3) is 5.83. The van der Waals surface area contributed by atoms with Crippen molar-refractivity contribution in [2.24, 2.45) is 5.92 Å². The first kappa shape index (κ1) is 26.0. The van der Waals surface area contributed by atoms with Gasteiger partial charge < -0.3 is 4.74 Å². The van der Waals surface area contributed by atoms with E-state index in [1.54, 1.807) is 30.3 Å². The molecule has 0 amide bonds. The second kappa shape index (κ2) is 11.8. The summed E-state index contributed by atoms with van der Waals surface area (Å²) in [6.45, 7) is 4.23. The third-order valence-electron chi connectivity index (χ3n) is 7.45. The summed E-state index contributed by atoms with van der Waals surface area (Å²) >= 11 is 0. The van der Waals surface area contributed by atoms with E-state index in [-0.39, 0.29) is 17.5 Å². The van der Waals surface area contributed by atoms with Crippen LogP contribution in [0.25, 0.3) is 11.1 Å². The van der Waals surface area contributed by atoms with Gasteiger partial charge in [0.05, 0.1) is 5.56 Å². The molecule has 5 heteroatoms. The summed E-state index contributed by atoms with van der Waals surface area (Å²) in [6, 6.07) is 14.5. The van der Waals surface area contributed by atoms with Crippen LogP contribution >= 0.6 is 0 Å². The monoisotopic (exact) mass is 494 g/mol. The Morgan fingerprint density at radius 1 is 0.861 bits per heavy atom. The van der Waals surface area contributed by atoms with Crippen LogP contribution in [0.4, 0.5) is 13.2 Å². The first-order chi connectivity index (χ1) is 17.4. The van der Waals surface area contributed by atoms with Gasteiger partial charge in [-0.1, -0.05) is 57.0 Å². The minimum Gasteiger partial charge on any atom is -0.423 e. The van der Waals surface area contributed by atoms with E-state index in [1.165, 1.54) is 18.2 Å². The van der Waals surface area contributed by atoms with Gasteiger partial charge in [-0.15, -0.1) is 0 Å². The number of hydrogen-bond donors (Lipinski definition) is 0. The summed E-state index contributed by atoms with van der Waals surface area (Å²) in [5.74, 6) is -2.48. The molecule has 0 saturated heterocycles. The molecule has 1 fully saturated rings. The number of aryl methyl sites for hydroxylation is 1.